The van der Waals surface area contributed by atoms with Crippen LogP contribution in [0.5, 0.6) is 0 Å². The summed E-state index contributed by atoms with van der Waals surface area (Å²) in [6, 6.07) is 9.86. The van der Waals surface area contributed by atoms with Gasteiger partial charge in [0.05, 0.1) is 0 Å². The molecule has 1 fully saturated rings. The molecule has 1 aromatic carbocycles. The van der Waals surface area contributed by atoms with Gasteiger partial charge in [0.25, 0.3) is 0 Å². The molecule has 3 heterocycles. The number of amides is 1. The number of rotatable bonds is 3. The number of carbonyl (C=O) groups is 1. The highest BCUT2D eigenvalue weighted by atomic mass is 16.6. The average molecular weight is 365 g/mol. The second-order valence-corrected chi connectivity index (χ2v) is 6.77. The van der Waals surface area contributed by atoms with Crippen molar-refractivity contribution in [2.75, 3.05) is 24.5 Å². The molecule has 2 aromatic heterocycles. The highest BCUT2D eigenvalue weighted by molar-refractivity contribution is 5.69. The molecule has 1 atom stereocenters. The Kier molecular flexibility index (Phi) is 4.91. The van der Waals surface area contributed by atoms with E-state index in [2.05, 4.69) is 21.8 Å². The smallest absolute Gasteiger partial charge is 0.410 e. The van der Waals surface area contributed by atoms with E-state index in [0.29, 0.717) is 19.7 Å². The second-order valence-electron chi connectivity index (χ2n) is 6.77. The van der Waals surface area contributed by atoms with Crippen molar-refractivity contribution in [2.24, 2.45) is 0 Å². The Hall–Kier alpha value is -3.09. The van der Waals surface area contributed by atoms with Gasteiger partial charge in [-0.2, -0.15) is 0 Å². The van der Waals surface area contributed by atoms with Crippen molar-refractivity contribution in [1.29, 1.82) is 0 Å². The van der Waals surface area contributed by atoms with Gasteiger partial charge in [-0.05, 0) is 18.9 Å². The first-order chi connectivity index (χ1) is 13.2. The van der Waals surface area contributed by atoms with Crippen molar-refractivity contribution < 1.29 is 9.53 Å². The first-order valence-corrected chi connectivity index (χ1v) is 9.22. The predicted molar refractivity (Wildman–Crippen MR) is 103 cm³/mol. The van der Waals surface area contributed by atoms with E-state index in [1.165, 1.54) is 0 Å². The van der Waals surface area contributed by atoms with E-state index in [1.54, 1.807) is 12.4 Å². The van der Waals surface area contributed by atoms with E-state index in [-0.39, 0.29) is 12.1 Å². The van der Waals surface area contributed by atoms with Crippen LogP contribution in [-0.4, -0.2) is 51.0 Å². The molecule has 7 nitrogen and oxygen atoms in total. The van der Waals surface area contributed by atoms with Crippen LogP contribution < -0.4 is 4.90 Å². The third kappa shape index (κ3) is 3.72. The van der Waals surface area contributed by atoms with Crippen LogP contribution in [0.2, 0.25) is 0 Å². The van der Waals surface area contributed by atoms with Crippen molar-refractivity contribution >= 4 is 17.6 Å². The van der Waals surface area contributed by atoms with E-state index in [0.717, 1.165) is 30.0 Å². The molecule has 0 N–H and O–H groups in total. The average Bonchev–Trinajstić information content (AvgIpc) is 3.10. The maximum Gasteiger partial charge on any atom is 0.410 e. The summed E-state index contributed by atoms with van der Waals surface area (Å²) < 4.78 is 7.49. The van der Waals surface area contributed by atoms with Crippen LogP contribution >= 0.6 is 0 Å². The lowest BCUT2D eigenvalue weighted by molar-refractivity contribution is 0.0857. The van der Waals surface area contributed by atoms with Gasteiger partial charge >= 0.3 is 6.09 Å². The monoisotopic (exact) mass is 365 g/mol. The number of fused-ring (bicyclic) bond motifs is 1. The van der Waals surface area contributed by atoms with E-state index in [4.69, 9.17) is 4.74 Å². The van der Waals surface area contributed by atoms with Crippen molar-refractivity contribution in [3.8, 4) is 0 Å². The number of aromatic nitrogens is 3. The molecule has 0 bridgehead atoms. The minimum absolute atomic E-state index is 0.109. The summed E-state index contributed by atoms with van der Waals surface area (Å²) in [5.74, 6) is 0.856. The zero-order valence-corrected chi connectivity index (χ0v) is 15.4. The Morgan fingerprint density at radius 1 is 1.11 bits per heavy atom. The first kappa shape index (κ1) is 17.3. The third-order valence-corrected chi connectivity index (χ3v) is 4.99. The molecule has 1 aliphatic heterocycles. The highest BCUT2D eigenvalue weighted by Gasteiger charge is 2.27. The van der Waals surface area contributed by atoms with Gasteiger partial charge < -0.3 is 18.9 Å². The molecule has 0 spiro atoms. The Morgan fingerprint density at radius 3 is 2.70 bits per heavy atom. The molecular formula is C20H23N5O2. The van der Waals surface area contributed by atoms with Crippen LogP contribution in [0.4, 0.5) is 10.6 Å². The lowest BCUT2D eigenvalue weighted by Crippen LogP contribution is -2.40. The normalized spacial score (nSPS) is 17.7. The largest absolute Gasteiger partial charge is 0.445 e. The Balaban J connectivity index is 1.43. The molecule has 1 saturated heterocycles. The van der Waals surface area contributed by atoms with Crippen LogP contribution in [0.3, 0.4) is 0 Å². The zero-order chi connectivity index (χ0) is 18.6. The summed E-state index contributed by atoms with van der Waals surface area (Å²) >= 11 is 0. The van der Waals surface area contributed by atoms with Gasteiger partial charge in [-0.3, -0.25) is 0 Å². The number of benzene rings is 1. The van der Waals surface area contributed by atoms with Crippen molar-refractivity contribution in [3.05, 3.63) is 60.7 Å². The maximum absolute atomic E-state index is 12.6. The molecule has 0 unspecified atom stereocenters. The molecule has 1 amide bonds. The van der Waals surface area contributed by atoms with Crippen LogP contribution in [0, 0.1) is 0 Å². The van der Waals surface area contributed by atoms with E-state index >= 15 is 0 Å². The van der Waals surface area contributed by atoms with Crippen molar-refractivity contribution in [1.82, 2.24) is 19.3 Å². The number of nitrogens with zero attached hydrogens (tertiary/aromatic N) is 5. The predicted octanol–water partition coefficient (Wildman–Crippen LogP) is 2.97. The molecule has 4 rings (SSSR count). The second kappa shape index (κ2) is 7.65. The number of hydrogen-bond donors (Lipinski definition) is 0. The summed E-state index contributed by atoms with van der Waals surface area (Å²) in [7, 11) is 0. The fraction of sp³-hybridized carbons (Fsp3) is 0.350. The lowest BCUT2D eigenvalue weighted by Gasteiger charge is -2.26. The number of ether oxygens (including phenoxy) is 1. The molecule has 0 aliphatic carbocycles. The van der Waals surface area contributed by atoms with E-state index in [9.17, 15) is 4.79 Å². The fourth-order valence-corrected chi connectivity index (χ4v) is 3.41. The molecule has 0 radical (unpaired) electrons. The number of anilines is 1. The molecule has 1 aliphatic rings. The fourth-order valence-electron chi connectivity index (χ4n) is 3.41. The molecule has 7 heteroatoms. The minimum atomic E-state index is -0.264. The van der Waals surface area contributed by atoms with Gasteiger partial charge in [0, 0.05) is 50.5 Å². The van der Waals surface area contributed by atoms with Crippen molar-refractivity contribution in [3.63, 3.8) is 0 Å². The Bertz CT molecular complexity index is 911. The topological polar surface area (TPSA) is 63.0 Å². The van der Waals surface area contributed by atoms with E-state index in [1.807, 2.05) is 52.0 Å². The zero-order valence-electron chi connectivity index (χ0n) is 15.4. The molecule has 140 valence electrons. The summed E-state index contributed by atoms with van der Waals surface area (Å²) in [5, 5.41) is 0. The highest BCUT2D eigenvalue weighted by Crippen LogP contribution is 2.21. The maximum atomic E-state index is 12.6. The quantitative estimate of drug-likeness (QED) is 0.714. The van der Waals surface area contributed by atoms with Gasteiger partial charge in [-0.25, -0.2) is 14.8 Å². The molecule has 3 aromatic rings. The van der Waals surface area contributed by atoms with Crippen molar-refractivity contribution in [2.45, 2.75) is 26.0 Å². The van der Waals surface area contributed by atoms with Crippen LogP contribution in [-0.2, 0) is 11.3 Å². The third-order valence-electron chi connectivity index (χ3n) is 4.99. The summed E-state index contributed by atoms with van der Waals surface area (Å²) in [5.41, 5.74) is 1.83. The lowest BCUT2D eigenvalue weighted by atomic mass is 10.2. The van der Waals surface area contributed by atoms with Gasteiger partial charge in [-0.15, -0.1) is 0 Å². The van der Waals surface area contributed by atoms with Crippen LogP contribution in [0.25, 0.3) is 5.65 Å². The molecule has 27 heavy (non-hydrogen) atoms. The van der Waals surface area contributed by atoms with Gasteiger partial charge in [0.2, 0.25) is 0 Å². The number of carbonyl (C=O) groups excluding carboxylic acids is 1. The van der Waals surface area contributed by atoms with Gasteiger partial charge in [0.15, 0.2) is 11.5 Å². The Morgan fingerprint density at radius 2 is 1.89 bits per heavy atom. The summed E-state index contributed by atoms with van der Waals surface area (Å²) in [4.78, 5) is 25.6. The van der Waals surface area contributed by atoms with Crippen LogP contribution in [0.1, 0.15) is 18.9 Å². The summed E-state index contributed by atoms with van der Waals surface area (Å²) in [6.07, 6.45) is 7.94. The minimum Gasteiger partial charge on any atom is -0.445 e. The molecular weight excluding hydrogens is 342 g/mol. The number of hydrogen-bond acceptors (Lipinski definition) is 5. The van der Waals surface area contributed by atoms with E-state index < -0.39 is 0 Å². The standard InChI is InChI=1S/C20H23N5O2/c1-16-7-10-23(18-19-22-9-12-24(19)11-8-21-18)13-14-25(16)20(26)27-15-17-5-3-2-4-6-17/h2-6,8-9,11-12,16H,7,10,13-15H2,1H3/t16-/m1/s1. The van der Waals surface area contributed by atoms with Gasteiger partial charge in [-0.1, -0.05) is 30.3 Å². The van der Waals surface area contributed by atoms with Crippen LogP contribution in [0.15, 0.2) is 55.1 Å². The Labute approximate surface area is 158 Å². The summed E-state index contributed by atoms with van der Waals surface area (Å²) in [6.45, 7) is 4.48. The SMILES string of the molecule is C[C@@H]1CCN(c2nccn3ccnc23)CCN1C(=O)OCc1ccccc1. The number of imidazole rings is 1. The van der Waals surface area contributed by atoms with Gasteiger partial charge in [0.1, 0.15) is 6.61 Å². The molecule has 0 saturated carbocycles. The first-order valence-electron chi connectivity index (χ1n) is 9.22.